The molecule has 1 aliphatic heterocycles. The lowest BCUT2D eigenvalue weighted by Gasteiger charge is -2.17. The predicted molar refractivity (Wildman–Crippen MR) is 79.8 cm³/mol. The van der Waals surface area contributed by atoms with Gasteiger partial charge in [-0.25, -0.2) is 0 Å². The van der Waals surface area contributed by atoms with Crippen LogP contribution in [0.25, 0.3) is 0 Å². The van der Waals surface area contributed by atoms with Gasteiger partial charge in [-0.2, -0.15) is 0 Å². The minimum absolute atomic E-state index is 0.105. The van der Waals surface area contributed by atoms with Gasteiger partial charge >= 0.3 is 0 Å². The molecule has 1 aromatic rings. The highest BCUT2D eigenvalue weighted by Crippen LogP contribution is 2.29. The van der Waals surface area contributed by atoms with E-state index in [0.29, 0.717) is 23.7 Å². The lowest BCUT2D eigenvalue weighted by atomic mass is 10.1. The molecule has 102 valence electrons. The van der Waals surface area contributed by atoms with Crippen molar-refractivity contribution in [3.8, 4) is 0 Å². The van der Waals surface area contributed by atoms with Gasteiger partial charge in [0.2, 0.25) is 5.91 Å². The Morgan fingerprint density at radius 3 is 2.89 bits per heavy atom. The smallest absolute Gasteiger partial charge is 0.227 e. The number of halogens is 1. The summed E-state index contributed by atoms with van der Waals surface area (Å²) in [4.78, 5) is 24.8. The molecule has 0 bridgehead atoms. The Labute approximate surface area is 122 Å². The van der Waals surface area contributed by atoms with Gasteiger partial charge in [-0.3, -0.25) is 9.59 Å². The summed E-state index contributed by atoms with van der Waals surface area (Å²) >= 11 is 7.29. The van der Waals surface area contributed by atoms with Gasteiger partial charge in [0.15, 0.2) is 5.12 Å². The maximum atomic E-state index is 12.0. The number of hydrogen-bond acceptors (Lipinski definition) is 3. The van der Waals surface area contributed by atoms with Crippen LogP contribution in [0.5, 0.6) is 0 Å². The number of nitrogens with zero attached hydrogens (tertiary/aromatic N) is 1. The van der Waals surface area contributed by atoms with Crippen molar-refractivity contribution in [1.82, 2.24) is 0 Å². The largest absolute Gasteiger partial charge is 0.312 e. The molecular weight excluding hydrogens is 282 g/mol. The van der Waals surface area contributed by atoms with Crippen LogP contribution in [0.3, 0.4) is 0 Å². The fraction of sp³-hybridized carbons (Fsp3) is 0.429. The number of aryl methyl sites for hydroxylation is 1. The zero-order valence-electron chi connectivity index (χ0n) is 11.0. The van der Waals surface area contributed by atoms with Crippen molar-refractivity contribution in [1.29, 1.82) is 0 Å². The number of thioether (sulfide) groups is 1. The van der Waals surface area contributed by atoms with Gasteiger partial charge in [0, 0.05) is 36.4 Å². The summed E-state index contributed by atoms with van der Waals surface area (Å²) < 4.78 is 0. The van der Waals surface area contributed by atoms with Gasteiger partial charge in [-0.1, -0.05) is 23.4 Å². The molecule has 0 aromatic heterocycles. The first-order valence-electron chi connectivity index (χ1n) is 6.17. The number of benzene rings is 1. The van der Waals surface area contributed by atoms with Crippen LogP contribution in [0.1, 0.15) is 18.9 Å². The van der Waals surface area contributed by atoms with Crippen molar-refractivity contribution in [2.45, 2.75) is 20.3 Å². The molecule has 1 atom stereocenters. The average molecular weight is 298 g/mol. The fourth-order valence-electron chi connectivity index (χ4n) is 2.17. The third-order valence-corrected chi connectivity index (χ3v) is 4.65. The summed E-state index contributed by atoms with van der Waals surface area (Å²) in [5, 5.41) is 0.812. The monoisotopic (exact) mass is 297 g/mol. The number of rotatable bonds is 3. The summed E-state index contributed by atoms with van der Waals surface area (Å²) in [6.07, 6.45) is 0.516. The zero-order valence-corrected chi connectivity index (χ0v) is 12.6. The summed E-state index contributed by atoms with van der Waals surface area (Å²) in [7, 11) is 0. The van der Waals surface area contributed by atoms with E-state index in [1.54, 1.807) is 11.8 Å². The summed E-state index contributed by atoms with van der Waals surface area (Å²) in [5.41, 5.74) is 1.86. The van der Waals surface area contributed by atoms with E-state index in [9.17, 15) is 9.59 Å². The van der Waals surface area contributed by atoms with Crippen molar-refractivity contribution >= 4 is 40.1 Å². The van der Waals surface area contributed by atoms with Crippen LogP contribution in [0.4, 0.5) is 5.69 Å². The normalized spacial score (nSPS) is 19.0. The molecule has 1 unspecified atom stereocenters. The molecule has 0 spiro atoms. The van der Waals surface area contributed by atoms with E-state index >= 15 is 0 Å². The third-order valence-electron chi connectivity index (χ3n) is 3.18. The maximum Gasteiger partial charge on any atom is 0.227 e. The molecule has 19 heavy (non-hydrogen) atoms. The SMILES string of the molecule is CC(=O)SCC1CC(=O)N(c2ccc(Cl)c(C)c2)C1. The Hall–Kier alpha value is -1.00. The first kappa shape index (κ1) is 14.4. The van der Waals surface area contributed by atoms with Crippen molar-refractivity contribution in [2.24, 2.45) is 5.92 Å². The van der Waals surface area contributed by atoms with Crippen molar-refractivity contribution in [2.75, 3.05) is 17.2 Å². The fourth-order valence-corrected chi connectivity index (χ4v) is 2.99. The van der Waals surface area contributed by atoms with E-state index in [1.165, 1.54) is 11.8 Å². The van der Waals surface area contributed by atoms with Crippen LogP contribution < -0.4 is 4.90 Å². The van der Waals surface area contributed by atoms with Crippen LogP contribution in [0.15, 0.2) is 18.2 Å². The second-order valence-corrected chi connectivity index (χ2v) is 6.41. The Morgan fingerprint density at radius 1 is 1.53 bits per heavy atom. The molecule has 5 heteroatoms. The highest BCUT2D eigenvalue weighted by Gasteiger charge is 2.30. The molecule has 2 rings (SSSR count). The predicted octanol–water partition coefficient (Wildman–Crippen LogP) is 3.28. The van der Waals surface area contributed by atoms with Crippen LogP contribution in [0, 0.1) is 12.8 Å². The van der Waals surface area contributed by atoms with Gasteiger partial charge in [0.1, 0.15) is 0 Å². The second-order valence-electron chi connectivity index (χ2n) is 4.81. The van der Waals surface area contributed by atoms with Crippen LogP contribution in [-0.2, 0) is 9.59 Å². The molecule has 0 N–H and O–H groups in total. The Kier molecular flexibility index (Phi) is 4.53. The van der Waals surface area contributed by atoms with Crippen LogP contribution in [-0.4, -0.2) is 23.3 Å². The Balaban J connectivity index is 2.07. The zero-order chi connectivity index (χ0) is 14.0. The Bertz CT molecular complexity index is 518. The first-order valence-corrected chi connectivity index (χ1v) is 7.53. The lowest BCUT2D eigenvalue weighted by molar-refractivity contribution is -0.117. The van der Waals surface area contributed by atoms with Gasteiger partial charge in [-0.15, -0.1) is 0 Å². The summed E-state index contributed by atoms with van der Waals surface area (Å²) in [6, 6.07) is 5.62. The number of carbonyl (C=O) groups excluding carboxylic acids is 2. The van der Waals surface area contributed by atoms with Crippen LogP contribution >= 0.6 is 23.4 Å². The van der Waals surface area contributed by atoms with E-state index in [4.69, 9.17) is 11.6 Å². The van der Waals surface area contributed by atoms with Crippen LogP contribution in [0.2, 0.25) is 5.02 Å². The van der Waals surface area contributed by atoms with E-state index in [1.807, 2.05) is 25.1 Å². The van der Waals surface area contributed by atoms with Crippen molar-refractivity contribution < 1.29 is 9.59 Å². The molecule has 1 heterocycles. The van der Waals surface area contributed by atoms with Crippen molar-refractivity contribution in [3.63, 3.8) is 0 Å². The number of amides is 1. The minimum atomic E-state index is 0.105. The molecule has 1 fully saturated rings. The third kappa shape index (κ3) is 3.51. The molecule has 1 aromatic carbocycles. The van der Waals surface area contributed by atoms with Gasteiger partial charge in [-0.05, 0) is 36.6 Å². The summed E-state index contributed by atoms with van der Waals surface area (Å²) in [5.74, 6) is 1.08. The van der Waals surface area contributed by atoms with E-state index in [0.717, 1.165) is 11.3 Å². The van der Waals surface area contributed by atoms with Gasteiger partial charge < -0.3 is 4.90 Å². The van der Waals surface area contributed by atoms with Crippen molar-refractivity contribution in [3.05, 3.63) is 28.8 Å². The van der Waals surface area contributed by atoms with E-state index in [-0.39, 0.29) is 16.9 Å². The standard InChI is InChI=1S/C14H16ClNO2S/c1-9-5-12(3-4-13(9)15)16-7-11(6-14(16)18)8-19-10(2)17/h3-5,11H,6-8H2,1-2H3. The minimum Gasteiger partial charge on any atom is -0.312 e. The highest BCUT2D eigenvalue weighted by atomic mass is 35.5. The molecule has 0 aliphatic carbocycles. The molecule has 3 nitrogen and oxygen atoms in total. The molecule has 1 amide bonds. The average Bonchev–Trinajstić information content (AvgIpc) is 2.72. The quantitative estimate of drug-likeness (QED) is 0.859. The molecule has 1 aliphatic rings. The highest BCUT2D eigenvalue weighted by molar-refractivity contribution is 8.13. The van der Waals surface area contributed by atoms with E-state index in [2.05, 4.69) is 0 Å². The van der Waals surface area contributed by atoms with Gasteiger partial charge in [0.05, 0.1) is 0 Å². The topological polar surface area (TPSA) is 37.4 Å². The molecule has 0 saturated carbocycles. The number of carbonyl (C=O) groups is 2. The molecule has 0 radical (unpaired) electrons. The van der Waals surface area contributed by atoms with Gasteiger partial charge in [0.25, 0.3) is 0 Å². The Morgan fingerprint density at radius 2 is 2.26 bits per heavy atom. The van der Waals surface area contributed by atoms with E-state index < -0.39 is 0 Å². The summed E-state index contributed by atoms with van der Waals surface area (Å²) in [6.45, 7) is 4.16. The molecule has 1 saturated heterocycles. The maximum absolute atomic E-state index is 12.0. The molecular formula is C14H16ClNO2S. The number of hydrogen-bond donors (Lipinski definition) is 0. The first-order chi connectivity index (χ1) is 8.97. The number of anilines is 1. The second kappa shape index (κ2) is 5.97. The lowest BCUT2D eigenvalue weighted by Crippen LogP contribution is -2.24.